The van der Waals surface area contributed by atoms with Gasteiger partial charge in [-0.3, -0.25) is 14.6 Å². The van der Waals surface area contributed by atoms with Crippen molar-refractivity contribution in [1.82, 2.24) is 10.3 Å². The summed E-state index contributed by atoms with van der Waals surface area (Å²) in [6.07, 6.45) is 1.39. The SMILES string of the molecule is Cc1ccccc1NC(=O)c1cc(C(=O)NCc2ccccc2F)ccn1. The average molecular weight is 363 g/mol. The lowest BCUT2D eigenvalue weighted by Crippen LogP contribution is -2.24. The number of rotatable bonds is 5. The first-order valence-corrected chi connectivity index (χ1v) is 8.39. The van der Waals surface area contributed by atoms with Gasteiger partial charge in [0.1, 0.15) is 11.5 Å². The van der Waals surface area contributed by atoms with E-state index >= 15 is 0 Å². The van der Waals surface area contributed by atoms with E-state index in [4.69, 9.17) is 0 Å². The van der Waals surface area contributed by atoms with Gasteiger partial charge in [0.15, 0.2) is 0 Å². The summed E-state index contributed by atoms with van der Waals surface area (Å²) in [6.45, 7) is 1.94. The third-order valence-corrected chi connectivity index (χ3v) is 4.05. The number of para-hydroxylation sites is 1. The van der Waals surface area contributed by atoms with Crippen LogP contribution in [0.15, 0.2) is 66.9 Å². The zero-order valence-electron chi connectivity index (χ0n) is 14.7. The summed E-state index contributed by atoms with van der Waals surface area (Å²) >= 11 is 0. The van der Waals surface area contributed by atoms with E-state index in [9.17, 15) is 14.0 Å². The molecule has 0 atom stereocenters. The number of carbonyl (C=O) groups is 2. The molecule has 3 aromatic rings. The summed E-state index contributed by atoms with van der Waals surface area (Å²) in [5, 5.41) is 5.42. The molecule has 1 aromatic heterocycles. The molecule has 0 aliphatic heterocycles. The summed E-state index contributed by atoms with van der Waals surface area (Å²) in [7, 11) is 0. The van der Waals surface area contributed by atoms with Crippen LogP contribution in [-0.2, 0) is 6.54 Å². The maximum atomic E-state index is 13.6. The highest BCUT2D eigenvalue weighted by Gasteiger charge is 2.13. The minimum atomic E-state index is -0.411. The number of halogens is 1. The van der Waals surface area contributed by atoms with Gasteiger partial charge < -0.3 is 10.6 Å². The third kappa shape index (κ3) is 4.55. The molecule has 0 bridgehead atoms. The number of nitrogens with one attached hydrogen (secondary N) is 2. The van der Waals surface area contributed by atoms with Crippen molar-refractivity contribution in [1.29, 1.82) is 0 Å². The van der Waals surface area contributed by atoms with E-state index in [-0.39, 0.29) is 23.6 Å². The van der Waals surface area contributed by atoms with E-state index in [0.717, 1.165) is 5.56 Å². The Kier molecular flexibility index (Phi) is 5.56. The Morgan fingerprint density at radius 2 is 1.74 bits per heavy atom. The molecule has 0 aliphatic carbocycles. The van der Waals surface area contributed by atoms with Crippen LogP contribution < -0.4 is 10.6 Å². The maximum Gasteiger partial charge on any atom is 0.274 e. The molecule has 3 rings (SSSR count). The number of carbonyl (C=O) groups excluding carboxylic acids is 2. The molecule has 136 valence electrons. The van der Waals surface area contributed by atoms with Crippen molar-refractivity contribution in [3.63, 3.8) is 0 Å². The normalized spacial score (nSPS) is 10.3. The Morgan fingerprint density at radius 3 is 2.52 bits per heavy atom. The number of hydrogen-bond donors (Lipinski definition) is 2. The summed E-state index contributed by atoms with van der Waals surface area (Å²) in [4.78, 5) is 28.8. The third-order valence-electron chi connectivity index (χ3n) is 4.05. The largest absolute Gasteiger partial charge is 0.348 e. The molecule has 2 amide bonds. The van der Waals surface area contributed by atoms with Crippen LogP contribution in [0.25, 0.3) is 0 Å². The molecular formula is C21H18FN3O2. The van der Waals surface area contributed by atoms with Crippen LogP contribution in [0, 0.1) is 12.7 Å². The zero-order valence-corrected chi connectivity index (χ0v) is 14.7. The molecule has 1 heterocycles. The summed E-state index contributed by atoms with van der Waals surface area (Å²) in [5.41, 5.74) is 2.38. The van der Waals surface area contributed by atoms with Crippen molar-refractivity contribution in [2.75, 3.05) is 5.32 Å². The second kappa shape index (κ2) is 8.23. The van der Waals surface area contributed by atoms with E-state index in [1.807, 2.05) is 25.1 Å². The van der Waals surface area contributed by atoms with Gasteiger partial charge in [0, 0.05) is 29.6 Å². The van der Waals surface area contributed by atoms with Gasteiger partial charge in [-0.05, 0) is 36.8 Å². The first-order chi connectivity index (χ1) is 13.0. The van der Waals surface area contributed by atoms with Gasteiger partial charge in [0.25, 0.3) is 11.8 Å². The second-order valence-electron chi connectivity index (χ2n) is 5.97. The van der Waals surface area contributed by atoms with E-state index in [1.54, 1.807) is 24.3 Å². The fourth-order valence-corrected chi connectivity index (χ4v) is 2.51. The number of pyridine rings is 1. The predicted molar refractivity (Wildman–Crippen MR) is 101 cm³/mol. The van der Waals surface area contributed by atoms with Gasteiger partial charge in [-0.1, -0.05) is 36.4 Å². The summed E-state index contributed by atoms with van der Waals surface area (Å²) < 4.78 is 13.6. The Labute approximate surface area is 156 Å². The minimum Gasteiger partial charge on any atom is -0.348 e. The summed E-state index contributed by atoms with van der Waals surface area (Å²) in [5.74, 6) is -1.20. The van der Waals surface area contributed by atoms with Crippen LogP contribution in [0.1, 0.15) is 32.0 Å². The van der Waals surface area contributed by atoms with Crippen molar-refractivity contribution >= 4 is 17.5 Å². The number of anilines is 1. The molecule has 2 aromatic carbocycles. The smallest absolute Gasteiger partial charge is 0.274 e. The van der Waals surface area contributed by atoms with Gasteiger partial charge in [-0.15, -0.1) is 0 Å². The molecule has 2 N–H and O–H groups in total. The lowest BCUT2D eigenvalue weighted by atomic mass is 10.1. The van der Waals surface area contributed by atoms with Gasteiger partial charge in [0.2, 0.25) is 0 Å². The number of benzene rings is 2. The standard InChI is InChI=1S/C21H18FN3O2/c1-14-6-2-5-9-18(14)25-21(27)19-12-15(10-11-23-19)20(26)24-13-16-7-3-4-8-17(16)22/h2-12H,13H2,1H3,(H,24,26)(H,25,27). The maximum absolute atomic E-state index is 13.6. The monoisotopic (exact) mass is 363 g/mol. The van der Waals surface area contributed by atoms with Crippen molar-refractivity contribution in [2.24, 2.45) is 0 Å². The molecule has 0 saturated carbocycles. The predicted octanol–water partition coefficient (Wildman–Crippen LogP) is 3.71. The first-order valence-electron chi connectivity index (χ1n) is 8.39. The van der Waals surface area contributed by atoms with Crippen LogP contribution in [-0.4, -0.2) is 16.8 Å². The molecule has 0 unspecified atom stereocenters. The molecule has 5 nitrogen and oxygen atoms in total. The first kappa shape index (κ1) is 18.3. The lowest BCUT2D eigenvalue weighted by molar-refractivity contribution is 0.0950. The molecular weight excluding hydrogens is 345 g/mol. The van der Waals surface area contributed by atoms with Crippen molar-refractivity contribution in [3.8, 4) is 0 Å². The number of aromatic nitrogens is 1. The number of aryl methyl sites for hydroxylation is 1. The van der Waals surface area contributed by atoms with Crippen molar-refractivity contribution in [3.05, 3.63) is 95.1 Å². The van der Waals surface area contributed by atoms with Crippen LogP contribution in [0.5, 0.6) is 0 Å². The Morgan fingerprint density at radius 1 is 1.00 bits per heavy atom. The number of amides is 2. The average Bonchev–Trinajstić information content (AvgIpc) is 2.69. The molecule has 0 radical (unpaired) electrons. The van der Waals surface area contributed by atoms with Gasteiger partial charge in [-0.2, -0.15) is 0 Å². The van der Waals surface area contributed by atoms with Gasteiger partial charge in [-0.25, -0.2) is 4.39 Å². The Hall–Kier alpha value is -3.54. The highest BCUT2D eigenvalue weighted by molar-refractivity contribution is 6.05. The highest BCUT2D eigenvalue weighted by atomic mass is 19.1. The Balaban J connectivity index is 1.69. The van der Waals surface area contributed by atoms with Gasteiger partial charge in [0.05, 0.1) is 0 Å². The fourth-order valence-electron chi connectivity index (χ4n) is 2.51. The summed E-state index contributed by atoms with van der Waals surface area (Å²) in [6, 6.07) is 16.5. The van der Waals surface area contributed by atoms with E-state index in [2.05, 4.69) is 15.6 Å². The van der Waals surface area contributed by atoms with E-state index in [0.29, 0.717) is 11.3 Å². The molecule has 0 saturated heterocycles. The fraction of sp³-hybridized carbons (Fsp3) is 0.0952. The number of nitrogens with zero attached hydrogens (tertiary/aromatic N) is 1. The van der Waals surface area contributed by atoms with Crippen molar-refractivity contribution < 1.29 is 14.0 Å². The second-order valence-corrected chi connectivity index (χ2v) is 5.97. The molecule has 0 spiro atoms. The molecule has 0 aliphatic rings. The lowest BCUT2D eigenvalue weighted by Gasteiger charge is -2.09. The van der Waals surface area contributed by atoms with Gasteiger partial charge >= 0.3 is 0 Å². The number of hydrogen-bond acceptors (Lipinski definition) is 3. The van der Waals surface area contributed by atoms with Crippen LogP contribution in [0.3, 0.4) is 0 Å². The van der Waals surface area contributed by atoms with Crippen molar-refractivity contribution in [2.45, 2.75) is 13.5 Å². The van der Waals surface area contributed by atoms with Crippen LogP contribution in [0.2, 0.25) is 0 Å². The highest BCUT2D eigenvalue weighted by Crippen LogP contribution is 2.14. The van der Waals surface area contributed by atoms with E-state index < -0.39 is 11.8 Å². The Bertz CT molecular complexity index is 988. The molecule has 6 heteroatoms. The molecule has 0 fully saturated rings. The van der Waals surface area contributed by atoms with Crippen LogP contribution >= 0.6 is 0 Å². The van der Waals surface area contributed by atoms with Crippen LogP contribution in [0.4, 0.5) is 10.1 Å². The quantitative estimate of drug-likeness (QED) is 0.726. The van der Waals surface area contributed by atoms with E-state index in [1.165, 1.54) is 24.4 Å². The minimum absolute atomic E-state index is 0.0541. The topological polar surface area (TPSA) is 71.1 Å². The molecule has 27 heavy (non-hydrogen) atoms. The zero-order chi connectivity index (χ0) is 19.2.